The van der Waals surface area contributed by atoms with Gasteiger partial charge in [0, 0.05) is 17.8 Å². The number of hydrogen-bond donors (Lipinski definition) is 0. The van der Waals surface area contributed by atoms with Gasteiger partial charge >= 0.3 is 12.1 Å². The third-order valence-electron chi connectivity index (χ3n) is 3.75. The molecule has 0 spiro atoms. The summed E-state index contributed by atoms with van der Waals surface area (Å²) in [5.41, 5.74) is -0.793. The first kappa shape index (κ1) is 22.8. The number of alkyl halides is 3. The summed E-state index contributed by atoms with van der Waals surface area (Å²) >= 11 is 5.87. The molecule has 2 rings (SSSR count). The number of rotatable bonds is 7. The molecule has 0 bridgehead atoms. The highest BCUT2D eigenvalue weighted by Crippen LogP contribution is 2.36. The largest absolute Gasteiger partial charge is 0.469 e. The molecule has 0 aliphatic rings. The minimum atomic E-state index is -4.61. The number of carbonyl (C=O) groups is 1. The topological polar surface area (TPSA) is 91.6 Å². The zero-order valence-corrected chi connectivity index (χ0v) is 16.9. The van der Waals surface area contributed by atoms with Gasteiger partial charge in [-0.25, -0.2) is 4.98 Å². The molecule has 1 atom stereocenters. The Morgan fingerprint density at radius 3 is 2.55 bits per heavy atom. The standard InChI is InChI=1S/C17H15ClF3N2O5P/c1-3-9-4-12(23(25)26)14(29-8-15(24)27-2)6-13(9)28-16-11(18)5-10(7-22-16)17(19,20)21/h4-7,29H,3,8H2,1-2H3. The lowest BCUT2D eigenvalue weighted by Gasteiger charge is -2.14. The Kier molecular flexibility index (Phi) is 7.37. The van der Waals surface area contributed by atoms with Crippen molar-refractivity contribution in [1.29, 1.82) is 0 Å². The fraction of sp³-hybridized carbons (Fsp3) is 0.294. The number of esters is 1. The first-order valence-corrected chi connectivity index (χ1v) is 9.67. The average Bonchev–Trinajstić information content (AvgIpc) is 2.66. The molecule has 0 aliphatic heterocycles. The number of carbonyl (C=O) groups excluding carboxylic acids is 1. The van der Waals surface area contributed by atoms with Gasteiger partial charge in [-0.05, 0) is 18.6 Å². The van der Waals surface area contributed by atoms with Crippen LogP contribution in [0.15, 0.2) is 24.4 Å². The van der Waals surface area contributed by atoms with Crippen molar-refractivity contribution in [3.05, 3.63) is 50.7 Å². The number of hydrogen-bond acceptors (Lipinski definition) is 6. The van der Waals surface area contributed by atoms with E-state index in [9.17, 15) is 28.1 Å². The van der Waals surface area contributed by atoms with Gasteiger partial charge in [-0.2, -0.15) is 13.2 Å². The molecule has 1 aromatic heterocycles. The van der Waals surface area contributed by atoms with Gasteiger partial charge < -0.3 is 9.47 Å². The van der Waals surface area contributed by atoms with Crippen molar-refractivity contribution in [3.63, 3.8) is 0 Å². The minimum absolute atomic E-state index is 0.0679. The van der Waals surface area contributed by atoms with Crippen LogP contribution in [0.5, 0.6) is 11.6 Å². The summed E-state index contributed by atoms with van der Waals surface area (Å²) < 4.78 is 48.4. The fourth-order valence-corrected chi connectivity index (χ4v) is 3.54. The van der Waals surface area contributed by atoms with Crippen LogP contribution in [0.1, 0.15) is 18.1 Å². The van der Waals surface area contributed by atoms with Crippen molar-refractivity contribution in [2.45, 2.75) is 19.5 Å². The van der Waals surface area contributed by atoms with Crippen molar-refractivity contribution in [1.82, 2.24) is 4.98 Å². The van der Waals surface area contributed by atoms with Crippen LogP contribution in [-0.2, 0) is 22.1 Å². The Hall–Kier alpha value is -2.45. The maximum atomic E-state index is 12.8. The van der Waals surface area contributed by atoms with Crippen LogP contribution in [0.25, 0.3) is 0 Å². The first-order chi connectivity index (χ1) is 13.6. The van der Waals surface area contributed by atoms with Gasteiger partial charge in [-0.1, -0.05) is 27.1 Å². The number of aromatic nitrogens is 1. The van der Waals surface area contributed by atoms with Gasteiger partial charge in [-0.15, -0.1) is 0 Å². The van der Waals surface area contributed by atoms with E-state index >= 15 is 0 Å². The van der Waals surface area contributed by atoms with Crippen LogP contribution in [0.4, 0.5) is 18.9 Å². The van der Waals surface area contributed by atoms with Crippen molar-refractivity contribution >= 4 is 37.1 Å². The Morgan fingerprint density at radius 1 is 1.34 bits per heavy atom. The summed E-state index contributed by atoms with van der Waals surface area (Å²) in [5.74, 6) is -0.655. The van der Waals surface area contributed by atoms with Gasteiger partial charge in [0.25, 0.3) is 5.69 Å². The van der Waals surface area contributed by atoms with E-state index in [1.165, 1.54) is 19.2 Å². The number of nitro groups is 1. The fourth-order valence-electron chi connectivity index (χ4n) is 2.27. The molecular weight excluding hydrogens is 436 g/mol. The third kappa shape index (κ3) is 5.77. The summed E-state index contributed by atoms with van der Waals surface area (Å²) in [6.45, 7) is 1.73. The molecule has 29 heavy (non-hydrogen) atoms. The summed E-state index contributed by atoms with van der Waals surface area (Å²) in [4.78, 5) is 25.8. The molecule has 1 unspecified atom stereocenters. The highest BCUT2D eigenvalue weighted by atomic mass is 35.5. The Labute approximate surface area is 170 Å². The van der Waals surface area contributed by atoms with E-state index in [2.05, 4.69) is 9.72 Å². The predicted octanol–water partition coefficient (Wildman–Crippen LogP) is 4.49. The van der Waals surface area contributed by atoms with Crippen molar-refractivity contribution in [3.8, 4) is 11.6 Å². The Balaban J connectivity index is 2.43. The van der Waals surface area contributed by atoms with E-state index in [-0.39, 0.29) is 42.4 Å². The number of nitrogens with zero attached hydrogens (tertiary/aromatic N) is 2. The molecule has 12 heteroatoms. The summed E-state index contributed by atoms with van der Waals surface area (Å²) in [7, 11) is 0.930. The number of ether oxygens (including phenoxy) is 2. The molecule has 0 amide bonds. The predicted molar refractivity (Wildman–Crippen MR) is 102 cm³/mol. The summed E-state index contributed by atoms with van der Waals surface area (Å²) in [6.07, 6.45) is -3.76. The first-order valence-electron chi connectivity index (χ1n) is 8.09. The second-order valence-electron chi connectivity index (χ2n) is 5.63. The van der Waals surface area contributed by atoms with Crippen LogP contribution in [0.3, 0.4) is 0 Å². The van der Waals surface area contributed by atoms with Crippen LogP contribution in [-0.4, -0.2) is 29.1 Å². The Bertz CT molecular complexity index is 940. The lowest BCUT2D eigenvalue weighted by Crippen LogP contribution is -2.11. The zero-order valence-electron chi connectivity index (χ0n) is 15.2. The molecule has 156 valence electrons. The van der Waals surface area contributed by atoms with Gasteiger partial charge in [0.05, 0.1) is 29.1 Å². The third-order valence-corrected chi connectivity index (χ3v) is 5.27. The monoisotopic (exact) mass is 450 g/mol. The lowest BCUT2D eigenvalue weighted by molar-refractivity contribution is -0.383. The molecule has 0 saturated carbocycles. The van der Waals surface area contributed by atoms with E-state index in [0.29, 0.717) is 24.2 Å². The molecule has 0 saturated heterocycles. The van der Waals surface area contributed by atoms with Crippen LogP contribution in [0.2, 0.25) is 5.02 Å². The second kappa shape index (κ2) is 9.37. The molecule has 0 fully saturated rings. The maximum absolute atomic E-state index is 12.8. The van der Waals surface area contributed by atoms with E-state index in [4.69, 9.17) is 16.3 Å². The SMILES string of the molecule is CCc1cc([N+](=O)[O-])c(PCC(=O)OC)cc1Oc1ncc(C(F)(F)F)cc1Cl. The lowest BCUT2D eigenvalue weighted by atomic mass is 10.1. The number of methoxy groups -OCH3 is 1. The normalized spacial score (nSPS) is 11.7. The van der Waals surface area contributed by atoms with Gasteiger partial charge in [0.1, 0.15) is 10.8 Å². The minimum Gasteiger partial charge on any atom is -0.469 e. The molecule has 0 aliphatic carbocycles. The van der Waals surface area contributed by atoms with Gasteiger partial charge in [0.2, 0.25) is 5.88 Å². The number of pyridine rings is 1. The van der Waals surface area contributed by atoms with Crippen molar-refractivity contribution < 1.29 is 32.4 Å². The van der Waals surface area contributed by atoms with Crippen LogP contribution in [0, 0.1) is 10.1 Å². The molecule has 1 heterocycles. The smallest absolute Gasteiger partial charge is 0.417 e. The summed E-state index contributed by atoms with van der Waals surface area (Å²) in [6, 6.07) is 3.35. The molecule has 2 aromatic rings. The quantitative estimate of drug-likeness (QED) is 0.267. The molecule has 1 aromatic carbocycles. The summed E-state index contributed by atoms with van der Waals surface area (Å²) in [5, 5.41) is 11.2. The van der Waals surface area contributed by atoms with E-state index in [1.807, 2.05) is 0 Å². The van der Waals surface area contributed by atoms with Gasteiger partial charge in [-0.3, -0.25) is 14.9 Å². The highest BCUT2D eigenvalue weighted by molar-refractivity contribution is 7.48. The van der Waals surface area contributed by atoms with Crippen LogP contribution >= 0.6 is 20.2 Å². The zero-order chi connectivity index (χ0) is 21.8. The van der Waals surface area contributed by atoms with Crippen molar-refractivity contribution in [2.24, 2.45) is 0 Å². The number of halogens is 4. The molecule has 0 radical (unpaired) electrons. The highest BCUT2D eigenvalue weighted by Gasteiger charge is 2.32. The van der Waals surface area contributed by atoms with E-state index in [1.54, 1.807) is 6.92 Å². The number of benzene rings is 1. The molecular formula is C17H15ClF3N2O5P. The number of nitro benzene ring substituents is 1. The second-order valence-corrected chi connectivity index (χ2v) is 7.28. The van der Waals surface area contributed by atoms with E-state index < -0.39 is 22.6 Å². The van der Waals surface area contributed by atoms with E-state index in [0.717, 1.165) is 0 Å². The average molecular weight is 451 g/mol. The van der Waals surface area contributed by atoms with Gasteiger partial charge in [0.15, 0.2) is 0 Å². The maximum Gasteiger partial charge on any atom is 0.417 e. The molecule has 7 nitrogen and oxygen atoms in total. The Morgan fingerprint density at radius 2 is 2.03 bits per heavy atom. The van der Waals surface area contributed by atoms with Crippen molar-refractivity contribution in [2.75, 3.05) is 13.3 Å². The molecule has 0 N–H and O–H groups in total. The van der Waals surface area contributed by atoms with Crippen LogP contribution < -0.4 is 10.0 Å². The number of aryl methyl sites for hydroxylation is 1.